The zero-order chi connectivity index (χ0) is 14.8. The van der Waals surface area contributed by atoms with E-state index in [-0.39, 0.29) is 0 Å². The Bertz CT molecular complexity index is 687. The molecule has 0 bridgehead atoms. The van der Waals surface area contributed by atoms with Crippen LogP contribution in [-0.4, -0.2) is 30.0 Å². The summed E-state index contributed by atoms with van der Waals surface area (Å²) in [4.78, 5) is 20.6. The fourth-order valence-electron chi connectivity index (χ4n) is 2.01. The largest absolute Gasteiger partial charge is 0.467 e. The van der Waals surface area contributed by atoms with Gasteiger partial charge in [-0.15, -0.1) is 11.3 Å². The van der Waals surface area contributed by atoms with Crippen molar-refractivity contribution in [3.63, 3.8) is 0 Å². The Labute approximate surface area is 133 Å². The van der Waals surface area contributed by atoms with Crippen LogP contribution in [0.1, 0.15) is 16.7 Å². The Morgan fingerprint density at radius 2 is 2.14 bits per heavy atom. The number of aliphatic imine (C=N–C) groups is 1. The molecule has 21 heavy (non-hydrogen) atoms. The van der Waals surface area contributed by atoms with Crippen molar-refractivity contribution in [2.75, 3.05) is 7.11 Å². The number of esters is 1. The Kier molecular flexibility index (Phi) is 4.03. The molecule has 0 saturated carbocycles. The minimum Gasteiger partial charge on any atom is -0.467 e. The molecule has 0 N–H and O–H groups in total. The summed E-state index contributed by atoms with van der Waals surface area (Å²) < 4.78 is 11.5. The second-order valence-electron chi connectivity index (χ2n) is 4.31. The molecule has 2 heterocycles. The van der Waals surface area contributed by atoms with Gasteiger partial charge >= 0.3 is 5.97 Å². The highest BCUT2D eigenvalue weighted by Gasteiger charge is 2.40. The molecule has 1 aliphatic rings. The zero-order valence-electron chi connectivity index (χ0n) is 11.0. The number of methoxy groups -OCH3 is 1. The smallest absolute Gasteiger partial charge is 0.335 e. The molecule has 0 aliphatic carbocycles. The van der Waals surface area contributed by atoms with Crippen LogP contribution < -0.4 is 0 Å². The monoisotopic (exact) mass is 366 g/mol. The van der Waals surface area contributed by atoms with Gasteiger partial charge in [-0.3, -0.25) is 0 Å². The quantitative estimate of drug-likeness (QED) is 0.783. The molecule has 1 aromatic heterocycles. The molecule has 0 spiro atoms. The second-order valence-corrected chi connectivity index (χ2v) is 6.75. The van der Waals surface area contributed by atoms with E-state index in [0.717, 1.165) is 9.35 Å². The number of aromatic nitrogens is 1. The molecule has 0 amide bonds. The minimum absolute atomic E-state index is 0.433. The lowest BCUT2D eigenvalue weighted by Gasteiger charge is -2.13. The highest BCUT2D eigenvalue weighted by Crippen LogP contribution is 2.35. The van der Waals surface area contributed by atoms with Crippen molar-refractivity contribution in [3.05, 3.63) is 50.9 Å². The van der Waals surface area contributed by atoms with E-state index in [1.807, 2.05) is 30.3 Å². The van der Waals surface area contributed by atoms with Crippen molar-refractivity contribution < 1.29 is 14.3 Å². The standard InChI is InChI=1S/C14H11BrN2O3S/c1-19-14(18)10-11(13-16-7-9(15)21-13)20-12(17-10)8-5-3-2-4-6-8/h2-7,10-11H,1H3. The van der Waals surface area contributed by atoms with Gasteiger partial charge < -0.3 is 9.47 Å². The second kappa shape index (κ2) is 5.95. The van der Waals surface area contributed by atoms with Crippen LogP contribution in [-0.2, 0) is 14.3 Å². The van der Waals surface area contributed by atoms with E-state index in [1.165, 1.54) is 18.4 Å². The molecular weight excluding hydrogens is 356 g/mol. The Hall–Kier alpha value is -1.73. The van der Waals surface area contributed by atoms with Crippen LogP contribution in [0.4, 0.5) is 0 Å². The van der Waals surface area contributed by atoms with Gasteiger partial charge in [-0.1, -0.05) is 18.2 Å². The first kappa shape index (κ1) is 14.2. The zero-order valence-corrected chi connectivity index (χ0v) is 13.4. The Morgan fingerprint density at radius 1 is 1.38 bits per heavy atom. The van der Waals surface area contributed by atoms with E-state index in [4.69, 9.17) is 9.47 Å². The molecular formula is C14H11BrN2O3S. The van der Waals surface area contributed by atoms with Gasteiger partial charge in [0.1, 0.15) is 5.01 Å². The average molecular weight is 367 g/mol. The summed E-state index contributed by atoms with van der Waals surface area (Å²) in [6.45, 7) is 0. The van der Waals surface area contributed by atoms with Gasteiger partial charge in [0, 0.05) is 5.56 Å². The predicted octanol–water partition coefficient (Wildman–Crippen LogP) is 2.97. The van der Waals surface area contributed by atoms with E-state index < -0.39 is 18.1 Å². The molecule has 2 aromatic rings. The van der Waals surface area contributed by atoms with Crippen LogP contribution in [0.5, 0.6) is 0 Å². The maximum absolute atomic E-state index is 11.9. The van der Waals surface area contributed by atoms with Crippen molar-refractivity contribution in [2.24, 2.45) is 4.99 Å². The minimum atomic E-state index is -0.733. The third-order valence-electron chi connectivity index (χ3n) is 2.98. The summed E-state index contributed by atoms with van der Waals surface area (Å²) >= 11 is 4.77. The number of benzene rings is 1. The van der Waals surface area contributed by atoms with Crippen molar-refractivity contribution in [1.29, 1.82) is 0 Å². The summed E-state index contributed by atoms with van der Waals surface area (Å²) in [5.41, 5.74) is 0.824. The lowest BCUT2D eigenvalue weighted by atomic mass is 10.2. The van der Waals surface area contributed by atoms with Gasteiger partial charge in [0.25, 0.3) is 0 Å². The third kappa shape index (κ3) is 2.84. The number of carbonyl (C=O) groups is 1. The fraction of sp³-hybridized carbons (Fsp3) is 0.214. The molecule has 108 valence electrons. The molecule has 0 saturated heterocycles. The van der Waals surface area contributed by atoms with E-state index in [2.05, 4.69) is 25.9 Å². The highest BCUT2D eigenvalue weighted by atomic mass is 79.9. The maximum atomic E-state index is 11.9. The fourth-order valence-corrected chi connectivity index (χ4v) is 3.32. The van der Waals surface area contributed by atoms with Gasteiger partial charge in [0.05, 0.1) is 17.1 Å². The lowest BCUT2D eigenvalue weighted by Crippen LogP contribution is -2.25. The van der Waals surface area contributed by atoms with Gasteiger partial charge in [-0.2, -0.15) is 0 Å². The summed E-state index contributed by atoms with van der Waals surface area (Å²) in [6.07, 6.45) is 1.13. The number of thiazole rings is 1. The van der Waals surface area contributed by atoms with Crippen molar-refractivity contribution in [1.82, 2.24) is 4.98 Å². The number of ether oxygens (including phenoxy) is 2. The van der Waals surface area contributed by atoms with Gasteiger partial charge in [0.2, 0.25) is 5.90 Å². The van der Waals surface area contributed by atoms with Crippen LogP contribution >= 0.6 is 27.3 Å². The maximum Gasteiger partial charge on any atom is 0.335 e. The molecule has 5 nitrogen and oxygen atoms in total. The molecule has 1 aliphatic heterocycles. The SMILES string of the molecule is COC(=O)C1N=C(c2ccccc2)OC1c1ncc(Br)s1. The summed E-state index contributed by atoms with van der Waals surface area (Å²) in [6, 6.07) is 8.72. The Morgan fingerprint density at radius 3 is 2.76 bits per heavy atom. The molecule has 2 unspecified atom stereocenters. The van der Waals surface area contributed by atoms with E-state index in [9.17, 15) is 4.79 Å². The van der Waals surface area contributed by atoms with Crippen LogP contribution in [0.15, 0.2) is 45.3 Å². The predicted molar refractivity (Wildman–Crippen MR) is 82.4 cm³/mol. The van der Waals surface area contributed by atoms with Crippen LogP contribution in [0.3, 0.4) is 0 Å². The van der Waals surface area contributed by atoms with Crippen LogP contribution in [0.25, 0.3) is 0 Å². The first-order valence-corrected chi connectivity index (χ1v) is 7.79. The van der Waals surface area contributed by atoms with E-state index >= 15 is 0 Å². The normalized spacial score (nSPS) is 20.8. The van der Waals surface area contributed by atoms with E-state index in [0.29, 0.717) is 10.9 Å². The number of carbonyl (C=O) groups excluding carboxylic acids is 1. The van der Waals surface area contributed by atoms with Gasteiger partial charge in [-0.05, 0) is 28.1 Å². The summed E-state index contributed by atoms with van der Waals surface area (Å²) in [7, 11) is 1.34. The van der Waals surface area contributed by atoms with Gasteiger partial charge in [-0.25, -0.2) is 14.8 Å². The number of halogens is 1. The number of hydrogen-bond acceptors (Lipinski definition) is 6. The lowest BCUT2D eigenvalue weighted by molar-refractivity contribution is -0.143. The third-order valence-corrected chi connectivity index (χ3v) is 4.52. The van der Waals surface area contributed by atoms with Crippen molar-refractivity contribution in [3.8, 4) is 0 Å². The Balaban J connectivity index is 1.94. The van der Waals surface area contributed by atoms with Crippen LogP contribution in [0.2, 0.25) is 0 Å². The van der Waals surface area contributed by atoms with Crippen LogP contribution in [0, 0.1) is 0 Å². The van der Waals surface area contributed by atoms with E-state index in [1.54, 1.807) is 6.20 Å². The highest BCUT2D eigenvalue weighted by molar-refractivity contribution is 9.11. The number of hydrogen-bond donors (Lipinski definition) is 0. The molecule has 3 rings (SSSR count). The van der Waals surface area contributed by atoms with Crippen molar-refractivity contribution >= 4 is 39.1 Å². The molecule has 0 radical (unpaired) electrons. The summed E-state index contributed by atoms with van der Waals surface area (Å²) in [5.74, 6) is -0.000393. The average Bonchev–Trinajstić information content (AvgIpc) is 3.13. The molecule has 2 atom stereocenters. The number of rotatable bonds is 3. The van der Waals surface area contributed by atoms with Gasteiger partial charge in [0.15, 0.2) is 12.1 Å². The molecule has 0 fully saturated rings. The first-order valence-electron chi connectivity index (χ1n) is 6.18. The molecule has 7 heteroatoms. The first-order chi connectivity index (χ1) is 10.2. The molecule has 1 aromatic carbocycles. The number of nitrogens with zero attached hydrogens (tertiary/aromatic N) is 2. The van der Waals surface area contributed by atoms with Crippen molar-refractivity contribution in [2.45, 2.75) is 12.1 Å². The topological polar surface area (TPSA) is 60.8 Å². The summed E-state index contributed by atoms with van der Waals surface area (Å²) in [5, 5.41) is 0.687.